The van der Waals surface area contributed by atoms with Crippen LogP contribution >= 0.6 is 0 Å². The van der Waals surface area contributed by atoms with Crippen LogP contribution in [-0.4, -0.2) is 33.9 Å². The van der Waals surface area contributed by atoms with Gasteiger partial charge in [-0.15, -0.1) is 0 Å². The molecule has 1 heterocycles. The van der Waals surface area contributed by atoms with Gasteiger partial charge in [0.1, 0.15) is 0 Å². The van der Waals surface area contributed by atoms with Crippen molar-refractivity contribution in [3.63, 3.8) is 0 Å². The first-order valence-corrected chi connectivity index (χ1v) is 6.30. The van der Waals surface area contributed by atoms with E-state index in [9.17, 15) is 12.6 Å². The molecule has 1 rings (SSSR count). The second kappa shape index (κ2) is 3.20. The van der Waals surface area contributed by atoms with Crippen LogP contribution in [-0.2, 0) is 20.9 Å². The molecule has 2 unspecified atom stereocenters. The predicted octanol–water partition coefficient (Wildman–Crippen LogP) is -0.215. The molecule has 2 atom stereocenters. The van der Waals surface area contributed by atoms with E-state index in [1.807, 2.05) is 0 Å². The van der Waals surface area contributed by atoms with Crippen molar-refractivity contribution in [2.45, 2.75) is 18.1 Å². The largest absolute Gasteiger partial charge is 0.306 e. The summed E-state index contributed by atoms with van der Waals surface area (Å²) in [5.41, 5.74) is 0. The summed E-state index contributed by atoms with van der Waals surface area (Å²) in [7, 11) is -3.03. The summed E-state index contributed by atoms with van der Waals surface area (Å²) in [5.74, 6) is 0.0385. The Morgan fingerprint density at radius 1 is 1.45 bits per heavy atom. The summed E-state index contributed by atoms with van der Waals surface area (Å²) < 4.78 is 40.9. The Morgan fingerprint density at radius 2 is 2.09 bits per heavy atom. The van der Waals surface area contributed by atoms with Crippen LogP contribution in [0, 0.1) is 0 Å². The van der Waals surface area contributed by atoms with Crippen molar-refractivity contribution < 1.29 is 17.2 Å². The van der Waals surface area contributed by atoms with Gasteiger partial charge in [-0.25, -0.2) is 12.6 Å². The molecular formula is C5H10O4S2. The van der Waals surface area contributed by atoms with Crippen LogP contribution in [0.25, 0.3) is 0 Å². The van der Waals surface area contributed by atoms with E-state index in [1.54, 1.807) is 0 Å². The van der Waals surface area contributed by atoms with Gasteiger partial charge in [0.2, 0.25) is 0 Å². The van der Waals surface area contributed by atoms with Crippen molar-refractivity contribution in [3.8, 4) is 0 Å². The molecule has 1 aliphatic heterocycles. The van der Waals surface area contributed by atoms with Gasteiger partial charge in [-0.3, -0.25) is 0 Å². The molecule has 11 heavy (non-hydrogen) atoms. The molecule has 1 N–H and O–H groups in total. The third kappa shape index (κ3) is 2.53. The van der Waals surface area contributed by atoms with E-state index in [2.05, 4.69) is 0 Å². The molecule has 0 spiro atoms. The topological polar surface area (TPSA) is 71.4 Å². The maximum Gasteiger partial charge on any atom is 0.157 e. The highest BCUT2D eigenvalue weighted by molar-refractivity contribution is 7.92. The van der Waals surface area contributed by atoms with Crippen LogP contribution in [0.1, 0.15) is 12.8 Å². The monoisotopic (exact) mass is 198 g/mol. The lowest BCUT2D eigenvalue weighted by Gasteiger charge is -2.17. The average molecular weight is 198 g/mol. The Bertz CT molecular complexity index is 256. The van der Waals surface area contributed by atoms with E-state index >= 15 is 0 Å². The molecule has 0 saturated carbocycles. The van der Waals surface area contributed by atoms with Crippen LogP contribution in [0.2, 0.25) is 0 Å². The van der Waals surface area contributed by atoms with Crippen molar-refractivity contribution in [2.75, 3.05) is 11.5 Å². The van der Waals surface area contributed by atoms with E-state index in [4.69, 9.17) is 4.55 Å². The van der Waals surface area contributed by atoms with Crippen molar-refractivity contribution in [2.24, 2.45) is 0 Å². The fourth-order valence-corrected chi connectivity index (χ4v) is 4.10. The highest BCUT2D eigenvalue weighted by Crippen LogP contribution is 2.15. The van der Waals surface area contributed by atoms with Gasteiger partial charge < -0.3 is 4.55 Å². The molecule has 0 aromatic heterocycles. The third-order valence-corrected chi connectivity index (χ3v) is 4.71. The first kappa shape index (κ1) is 9.15. The molecular weight excluding hydrogens is 188 g/mol. The van der Waals surface area contributed by atoms with Crippen molar-refractivity contribution in [1.82, 2.24) is 0 Å². The molecule has 1 saturated heterocycles. The average Bonchev–Trinajstić information content (AvgIpc) is 1.85. The summed E-state index contributed by atoms with van der Waals surface area (Å²) in [5, 5.41) is -0.561. The quantitative estimate of drug-likeness (QED) is 0.591. The van der Waals surface area contributed by atoms with E-state index in [0.717, 1.165) is 0 Å². The zero-order valence-electron chi connectivity index (χ0n) is 5.89. The van der Waals surface area contributed by atoms with Crippen LogP contribution < -0.4 is 0 Å². The molecule has 0 bridgehead atoms. The van der Waals surface area contributed by atoms with Gasteiger partial charge >= 0.3 is 0 Å². The van der Waals surface area contributed by atoms with Gasteiger partial charge in [-0.2, -0.15) is 0 Å². The van der Waals surface area contributed by atoms with Gasteiger partial charge in [0.25, 0.3) is 0 Å². The number of hydrogen-bond donors (Lipinski definition) is 1. The van der Waals surface area contributed by atoms with E-state index in [0.29, 0.717) is 12.8 Å². The zero-order chi connectivity index (χ0) is 8.48. The summed E-state index contributed by atoms with van der Waals surface area (Å²) in [6.45, 7) is 0. The second-order valence-electron chi connectivity index (χ2n) is 2.65. The number of hydrogen-bond acceptors (Lipinski definition) is 3. The molecule has 4 nitrogen and oxygen atoms in total. The molecule has 1 fully saturated rings. The Balaban J connectivity index is 2.68. The molecule has 0 aromatic rings. The lowest BCUT2D eigenvalue weighted by Crippen LogP contribution is -2.32. The zero-order valence-corrected chi connectivity index (χ0v) is 7.53. The smallest absolute Gasteiger partial charge is 0.157 e. The van der Waals surface area contributed by atoms with E-state index < -0.39 is 26.2 Å². The lowest BCUT2D eigenvalue weighted by molar-refractivity contribution is 0.531. The maximum atomic E-state index is 10.9. The predicted molar refractivity (Wildman–Crippen MR) is 42.4 cm³/mol. The highest BCUT2D eigenvalue weighted by Gasteiger charge is 2.28. The lowest BCUT2D eigenvalue weighted by atomic mass is 10.3. The SMILES string of the molecule is O=S(O)C1CCCS(=O)(=O)C1. The van der Waals surface area contributed by atoms with Gasteiger partial charge in [0.15, 0.2) is 20.9 Å². The van der Waals surface area contributed by atoms with Gasteiger partial charge in [0.05, 0.1) is 16.8 Å². The van der Waals surface area contributed by atoms with Gasteiger partial charge in [-0.1, -0.05) is 0 Å². The van der Waals surface area contributed by atoms with Crippen LogP contribution in [0.5, 0.6) is 0 Å². The summed E-state index contributed by atoms with van der Waals surface area (Å²) >= 11 is -1.98. The molecule has 66 valence electrons. The standard InChI is InChI=1S/C5H10O4S2/c6-10(7)5-2-1-3-11(8,9)4-5/h5H,1-4H2,(H,6,7). The van der Waals surface area contributed by atoms with Crippen molar-refractivity contribution in [1.29, 1.82) is 0 Å². The number of rotatable bonds is 1. The minimum Gasteiger partial charge on any atom is -0.306 e. The fraction of sp³-hybridized carbons (Fsp3) is 1.00. The second-order valence-corrected chi connectivity index (χ2v) is 6.10. The Hall–Kier alpha value is 0.0600. The normalized spacial score (nSPS) is 33.0. The van der Waals surface area contributed by atoms with Gasteiger partial charge in [0, 0.05) is 0 Å². The number of sulfone groups is 1. The Kier molecular flexibility index (Phi) is 2.66. The van der Waals surface area contributed by atoms with Crippen LogP contribution in [0.4, 0.5) is 0 Å². The van der Waals surface area contributed by atoms with Gasteiger partial charge in [-0.05, 0) is 12.8 Å². The fourth-order valence-electron chi connectivity index (χ4n) is 1.14. The first-order valence-electron chi connectivity index (χ1n) is 3.31. The molecule has 1 aliphatic rings. The minimum absolute atomic E-state index is 0.129. The Labute approximate surface area is 68.2 Å². The highest BCUT2D eigenvalue weighted by atomic mass is 32.2. The van der Waals surface area contributed by atoms with E-state index in [1.165, 1.54) is 0 Å². The van der Waals surface area contributed by atoms with Crippen molar-refractivity contribution in [3.05, 3.63) is 0 Å². The van der Waals surface area contributed by atoms with Crippen LogP contribution in [0.15, 0.2) is 0 Å². The summed E-state index contributed by atoms with van der Waals surface area (Å²) in [6, 6.07) is 0. The summed E-state index contributed by atoms with van der Waals surface area (Å²) in [4.78, 5) is 0. The maximum absolute atomic E-state index is 10.9. The Morgan fingerprint density at radius 3 is 2.45 bits per heavy atom. The molecule has 0 aromatic carbocycles. The molecule has 0 aliphatic carbocycles. The van der Waals surface area contributed by atoms with Crippen LogP contribution in [0.3, 0.4) is 0 Å². The first-order chi connectivity index (χ1) is 5.01. The minimum atomic E-state index is -3.03. The molecule has 6 heteroatoms. The molecule has 0 radical (unpaired) electrons. The van der Waals surface area contributed by atoms with E-state index in [-0.39, 0.29) is 11.5 Å². The molecule has 0 amide bonds. The van der Waals surface area contributed by atoms with Crippen molar-refractivity contribution >= 4 is 20.9 Å². The summed E-state index contributed by atoms with van der Waals surface area (Å²) in [6.07, 6.45) is 1.06. The third-order valence-electron chi connectivity index (χ3n) is 1.71.